The fourth-order valence-corrected chi connectivity index (χ4v) is 4.27. The molecule has 1 aromatic rings. The fourth-order valence-electron chi connectivity index (χ4n) is 2.60. The predicted octanol–water partition coefficient (Wildman–Crippen LogP) is -0.347. The third kappa shape index (κ3) is 2.92. The molecule has 8 nitrogen and oxygen atoms in total. The van der Waals surface area contributed by atoms with Gasteiger partial charge in [0.05, 0.1) is 11.5 Å². The first-order valence-corrected chi connectivity index (χ1v) is 8.57. The Morgan fingerprint density at radius 2 is 1.95 bits per heavy atom. The maximum absolute atomic E-state index is 11.4. The molecule has 0 aromatic carbocycles. The van der Waals surface area contributed by atoms with Gasteiger partial charge in [-0.3, -0.25) is 0 Å². The summed E-state index contributed by atoms with van der Waals surface area (Å²) in [6, 6.07) is -0.145. The molecule has 1 unspecified atom stereocenters. The highest BCUT2D eigenvalue weighted by Gasteiger charge is 2.28. The Balaban J connectivity index is 1.76. The highest BCUT2D eigenvalue weighted by atomic mass is 32.2. The van der Waals surface area contributed by atoms with Crippen LogP contribution >= 0.6 is 0 Å². The molecule has 0 radical (unpaired) electrons. The molecule has 20 heavy (non-hydrogen) atoms. The second-order valence-electron chi connectivity index (χ2n) is 5.26. The van der Waals surface area contributed by atoms with Crippen molar-refractivity contribution in [2.24, 2.45) is 0 Å². The van der Waals surface area contributed by atoms with Crippen LogP contribution in [0.15, 0.2) is 0 Å². The van der Waals surface area contributed by atoms with E-state index in [4.69, 9.17) is 5.73 Å². The summed E-state index contributed by atoms with van der Waals surface area (Å²) in [5.74, 6) is 1.42. The van der Waals surface area contributed by atoms with Crippen molar-refractivity contribution in [1.29, 1.82) is 0 Å². The maximum atomic E-state index is 11.4. The number of aromatic nitrogens is 3. The van der Waals surface area contributed by atoms with Gasteiger partial charge in [0.1, 0.15) is 0 Å². The van der Waals surface area contributed by atoms with Crippen LogP contribution in [0.2, 0.25) is 0 Å². The molecular formula is C11H18N6O2S. The van der Waals surface area contributed by atoms with Gasteiger partial charge in [-0.15, -0.1) is 0 Å². The van der Waals surface area contributed by atoms with Crippen molar-refractivity contribution in [3.8, 4) is 0 Å². The number of sulfone groups is 1. The third-order valence-electron chi connectivity index (χ3n) is 3.60. The molecule has 110 valence electrons. The molecule has 3 heterocycles. The van der Waals surface area contributed by atoms with E-state index in [0.29, 0.717) is 18.3 Å². The van der Waals surface area contributed by atoms with Gasteiger partial charge < -0.3 is 16.0 Å². The van der Waals surface area contributed by atoms with Crippen LogP contribution in [0.1, 0.15) is 19.3 Å². The van der Waals surface area contributed by atoms with E-state index >= 15 is 0 Å². The Morgan fingerprint density at radius 1 is 1.20 bits per heavy atom. The molecule has 3 rings (SSSR count). The van der Waals surface area contributed by atoms with Gasteiger partial charge in [-0.25, -0.2) is 8.42 Å². The van der Waals surface area contributed by atoms with E-state index in [2.05, 4.69) is 25.2 Å². The number of anilines is 3. The smallest absolute Gasteiger partial charge is 0.231 e. The van der Waals surface area contributed by atoms with Crippen molar-refractivity contribution in [2.45, 2.75) is 25.3 Å². The summed E-state index contributed by atoms with van der Waals surface area (Å²) in [6.45, 7) is 1.83. The molecule has 2 saturated heterocycles. The van der Waals surface area contributed by atoms with Crippen molar-refractivity contribution in [2.75, 3.05) is 40.5 Å². The summed E-state index contributed by atoms with van der Waals surface area (Å²) in [7, 11) is -2.93. The normalized spacial score (nSPS) is 25.0. The summed E-state index contributed by atoms with van der Waals surface area (Å²) in [5, 5.41) is 3.05. The number of nitrogen functional groups attached to an aromatic ring is 1. The molecule has 0 amide bonds. The zero-order chi connectivity index (χ0) is 14.2. The van der Waals surface area contributed by atoms with Gasteiger partial charge in [0.2, 0.25) is 17.8 Å². The molecule has 2 aliphatic rings. The molecule has 9 heteroatoms. The molecule has 2 aliphatic heterocycles. The highest BCUT2D eigenvalue weighted by molar-refractivity contribution is 7.91. The Labute approximate surface area is 117 Å². The van der Waals surface area contributed by atoms with Gasteiger partial charge in [-0.2, -0.15) is 15.0 Å². The van der Waals surface area contributed by atoms with E-state index in [1.54, 1.807) is 0 Å². The second-order valence-corrected chi connectivity index (χ2v) is 7.48. The lowest BCUT2D eigenvalue weighted by Gasteiger charge is -2.17. The number of hydrogen-bond donors (Lipinski definition) is 2. The van der Waals surface area contributed by atoms with Gasteiger partial charge in [-0.05, 0) is 19.3 Å². The first kappa shape index (κ1) is 13.3. The minimum Gasteiger partial charge on any atom is -0.368 e. The second kappa shape index (κ2) is 5.04. The summed E-state index contributed by atoms with van der Waals surface area (Å²) < 4.78 is 22.9. The lowest BCUT2D eigenvalue weighted by Crippen LogP contribution is -2.25. The van der Waals surface area contributed by atoms with Crippen LogP contribution in [0.4, 0.5) is 17.8 Å². The monoisotopic (exact) mass is 298 g/mol. The van der Waals surface area contributed by atoms with E-state index in [0.717, 1.165) is 25.9 Å². The number of nitrogens with two attached hydrogens (primary N) is 1. The SMILES string of the molecule is Nc1nc(NC2CCS(=O)(=O)C2)nc(N2CCCC2)n1. The lowest BCUT2D eigenvalue weighted by atomic mass is 10.3. The van der Waals surface area contributed by atoms with Crippen molar-refractivity contribution in [3.05, 3.63) is 0 Å². The lowest BCUT2D eigenvalue weighted by molar-refractivity contribution is 0.602. The van der Waals surface area contributed by atoms with E-state index in [9.17, 15) is 8.42 Å². The summed E-state index contributed by atoms with van der Waals surface area (Å²) in [4.78, 5) is 14.6. The van der Waals surface area contributed by atoms with E-state index in [-0.39, 0.29) is 23.5 Å². The van der Waals surface area contributed by atoms with Crippen molar-refractivity contribution in [3.63, 3.8) is 0 Å². The Bertz CT molecular complexity index is 599. The first-order valence-electron chi connectivity index (χ1n) is 6.75. The minimum absolute atomic E-state index is 0.123. The van der Waals surface area contributed by atoms with Gasteiger partial charge in [0.15, 0.2) is 9.84 Å². The molecule has 0 aliphatic carbocycles. The fraction of sp³-hybridized carbons (Fsp3) is 0.727. The molecule has 1 atom stereocenters. The van der Waals surface area contributed by atoms with Gasteiger partial charge in [0.25, 0.3) is 0 Å². The standard InChI is InChI=1S/C11H18N6O2S/c12-9-14-10(13-8-3-6-20(18,19)7-8)16-11(15-9)17-4-1-2-5-17/h8H,1-7H2,(H3,12,13,14,15,16). The molecule has 2 fully saturated rings. The first-order chi connectivity index (χ1) is 9.52. The number of hydrogen-bond acceptors (Lipinski definition) is 8. The summed E-state index contributed by atoms with van der Waals surface area (Å²) >= 11 is 0. The van der Waals surface area contributed by atoms with E-state index < -0.39 is 9.84 Å². The molecule has 0 bridgehead atoms. The Kier molecular flexibility index (Phi) is 3.36. The van der Waals surface area contributed by atoms with Crippen LogP contribution in [0.25, 0.3) is 0 Å². The molecule has 0 saturated carbocycles. The summed E-state index contributed by atoms with van der Waals surface area (Å²) in [6.07, 6.45) is 2.82. The van der Waals surface area contributed by atoms with Crippen molar-refractivity contribution >= 4 is 27.7 Å². The topological polar surface area (TPSA) is 114 Å². The largest absolute Gasteiger partial charge is 0.368 e. The third-order valence-corrected chi connectivity index (χ3v) is 5.36. The van der Waals surface area contributed by atoms with Crippen LogP contribution in [-0.4, -0.2) is 54.0 Å². The zero-order valence-electron chi connectivity index (χ0n) is 11.1. The highest BCUT2D eigenvalue weighted by Crippen LogP contribution is 2.20. The quantitative estimate of drug-likeness (QED) is 0.778. The van der Waals surface area contributed by atoms with Crippen LogP contribution in [-0.2, 0) is 9.84 Å². The number of nitrogens with one attached hydrogen (secondary N) is 1. The van der Waals surface area contributed by atoms with Crippen LogP contribution in [0, 0.1) is 0 Å². The predicted molar refractivity (Wildman–Crippen MR) is 76.4 cm³/mol. The van der Waals surface area contributed by atoms with Gasteiger partial charge in [-0.1, -0.05) is 0 Å². The Hall–Kier alpha value is -1.64. The van der Waals surface area contributed by atoms with E-state index in [1.165, 1.54) is 0 Å². The summed E-state index contributed by atoms with van der Waals surface area (Å²) in [5.41, 5.74) is 5.71. The average Bonchev–Trinajstić information content (AvgIpc) is 2.98. The van der Waals surface area contributed by atoms with Gasteiger partial charge >= 0.3 is 0 Å². The van der Waals surface area contributed by atoms with Crippen molar-refractivity contribution < 1.29 is 8.42 Å². The van der Waals surface area contributed by atoms with Gasteiger partial charge in [0, 0.05) is 19.1 Å². The van der Waals surface area contributed by atoms with Crippen LogP contribution < -0.4 is 16.0 Å². The maximum Gasteiger partial charge on any atom is 0.231 e. The van der Waals surface area contributed by atoms with Crippen molar-refractivity contribution in [1.82, 2.24) is 15.0 Å². The molecule has 0 spiro atoms. The molecule has 1 aromatic heterocycles. The zero-order valence-corrected chi connectivity index (χ0v) is 11.9. The molecular weight excluding hydrogens is 280 g/mol. The van der Waals surface area contributed by atoms with Crippen LogP contribution in [0.5, 0.6) is 0 Å². The average molecular weight is 298 g/mol. The Morgan fingerprint density at radius 3 is 2.60 bits per heavy atom. The van der Waals surface area contributed by atoms with Crippen LogP contribution in [0.3, 0.4) is 0 Å². The number of nitrogens with zero attached hydrogens (tertiary/aromatic N) is 4. The minimum atomic E-state index is -2.93. The molecule has 3 N–H and O–H groups in total. The number of rotatable bonds is 3. The van der Waals surface area contributed by atoms with E-state index in [1.807, 2.05) is 0 Å².